The Bertz CT molecular complexity index is 620. The number of hydrogen-bond donors (Lipinski definition) is 3. The standard InChI is InChI=1S/C14H21N5O/c1-8-6-12(20-4)9(2)5-10(8)13(18-16)11-7-17-19(3)14(11)15/h5-7,13,18H,15-16H2,1-4H3. The fourth-order valence-electron chi connectivity index (χ4n) is 2.38. The Balaban J connectivity index is 2.52. The Morgan fingerprint density at radius 2 is 1.95 bits per heavy atom. The average molecular weight is 275 g/mol. The summed E-state index contributed by atoms with van der Waals surface area (Å²) in [6.45, 7) is 4.02. The van der Waals surface area contributed by atoms with Crippen LogP contribution in [-0.4, -0.2) is 16.9 Å². The van der Waals surface area contributed by atoms with Gasteiger partial charge in [-0.15, -0.1) is 0 Å². The Morgan fingerprint density at radius 1 is 1.25 bits per heavy atom. The fraction of sp³-hybridized carbons (Fsp3) is 0.357. The van der Waals surface area contributed by atoms with Gasteiger partial charge in [-0.1, -0.05) is 6.07 Å². The van der Waals surface area contributed by atoms with E-state index in [1.54, 1.807) is 25.0 Å². The van der Waals surface area contributed by atoms with E-state index >= 15 is 0 Å². The quantitative estimate of drug-likeness (QED) is 0.576. The lowest BCUT2D eigenvalue weighted by atomic mass is 9.94. The van der Waals surface area contributed by atoms with E-state index in [0.29, 0.717) is 5.82 Å². The van der Waals surface area contributed by atoms with Crippen molar-refractivity contribution in [2.75, 3.05) is 12.8 Å². The lowest BCUT2D eigenvalue weighted by Gasteiger charge is -2.20. The van der Waals surface area contributed by atoms with Crippen molar-refractivity contribution in [3.8, 4) is 5.75 Å². The molecular formula is C14H21N5O. The first-order valence-electron chi connectivity index (χ1n) is 6.38. The Hall–Kier alpha value is -2.05. The summed E-state index contributed by atoms with van der Waals surface area (Å²) in [6, 6.07) is 3.86. The third-order valence-corrected chi connectivity index (χ3v) is 3.59. The van der Waals surface area contributed by atoms with Crippen molar-refractivity contribution in [1.29, 1.82) is 0 Å². The summed E-state index contributed by atoms with van der Waals surface area (Å²) in [5.41, 5.74) is 12.9. The van der Waals surface area contributed by atoms with Gasteiger partial charge < -0.3 is 10.5 Å². The van der Waals surface area contributed by atoms with Crippen LogP contribution in [0.1, 0.15) is 28.3 Å². The molecule has 0 saturated heterocycles. The molecule has 1 aromatic heterocycles. The van der Waals surface area contributed by atoms with Gasteiger partial charge in [0.1, 0.15) is 11.6 Å². The Kier molecular flexibility index (Phi) is 3.96. The predicted molar refractivity (Wildman–Crippen MR) is 79.3 cm³/mol. The maximum absolute atomic E-state index is 6.04. The Morgan fingerprint density at radius 3 is 2.45 bits per heavy atom. The molecule has 2 rings (SSSR count). The van der Waals surface area contributed by atoms with Gasteiger partial charge >= 0.3 is 0 Å². The van der Waals surface area contributed by atoms with Crippen LogP contribution in [0.2, 0.25) is 0 Å². The first kappa shape index (κ1) is 14.4. The molecule has 1 unspecified atom stereocenters. The van der Waals surface area contributed by atoms with Gasteiger partial charge in [-0.3, -0.25) is 10.5 Å². The number of nitrogens with zero attached hydrogens (tertiary/aromatic N) is 2. The van der Waals surface area contributed by atoms with Crippen molar-refractivity contribution >= 4 is 5.82 Å². The predicted octanol–water partition coefficient (Wildman–Crippen LogP) is 1.18. The van der Waals surface area contributed by atoms with Gasteiger partial charge in [0.05, 0.1) is 19.3 Å². The van der Waals surface area contributed by atoms with Crippen molar-refractivity contribution in [3.63, 3.8) is 0 Å². The van der Waals surface area contributed by atoms with E-state index in [4.69, 9.17) is 16.3 Å². The lowest BCUT2D eigenvalue weighted by molar-refractivity contribution is 0.411. The number of hydrazine groups is 1. The van der Waals surface area contributed by atoms with Crippen LogP contribution in [0.4, 0.5) is 5.82 Å². The van der Waals surface area contributed by atoms with Gasteiger partial charge in [0.2, 0.25) is 0 Å². The van der Waals surface area contributed by atoms with Crippen molar-refractivity contribution in [3.05, 3.63) is 40.6 Å². The van der Waals surface area contributed by atoms with E-state index in [2.05, 4.69) is 16.6 Å². The number of aromatic nitrogens is 2. The van der Waals surface area contributed by atoms with Crippen molar-refractivity contribution < 1.29 is 4.74 Å². The van der Waals surface area contributed by atoms with Crippen LogP contribution < -0.4 is 21.7 Å². The molecule has 0 radical (unpaired) electrons. The van der Waals surface area contributed by atoms with Crippen LogP contribution in [0.5, 0.6) is 5.75 Å². The van der Waals surface area contributed by atoms with Gasteiger partial charge in [0, 0.05) is 12.6 Å². The minimum absolute atomic E-state index is 0.201. The maximum atomic E-state index is 6.04. The molecule has 1 heterocycles. The highest BCUT2D eigenvalue weighted by Gasteiger charge is 2.21. The first-order valence-corrected chi connectivity index (χ1v) is 6.38. The molecule has 108 valence electrons. The summed E-state index contributed by atoms with van der Waals surface area (Å²) < 4.78 is 6.97. The topological polar surface area (TPSA) is 91.1 Å². The number of methoxy groups -OCH3 is 1. The van der Waals surface area contributed by atoms with Gasteiger partial charge in [-0.05, 0) is 36.6 Å². The highest BCUT2D eigenvalue weighted by molar-refractivity contribution is 5.50. The normalized spacial score (nSPS) is 12.4. The number of anilines is 1. The molecule has 0 aliphatic rings. The molecule has 0 spiro atoms. The zero-order valence-electron chi connectivity index (χ0n) is 12.3. The number of nitrogen functional groups attached to an aromatic ring is 1. The number of nitrogens with one attached hydrogen (secondary N) is 1. The van der Waals surface area contributed by atoms with E-state index < -0.39 is 0 Å². The van der Waals surface area contributed by atoms with Crippen molar-refractivity contribution in [2.45, 2.75) is 19.9 Å². The van der Waals surface area contributed by atoms with E-state index in [-0.39, 0.29) is 6.04 Å². The molecule has 1 aromatic carbocycles. The second-order valence-corrected chi connectivity index (χ2v) is 4.89. The highest BCUT2D eigenvalue weighted by atomic mass is 16.5. The molecule has 2 aromatic rings. The molecule has 5 N–H and O–H groups in total. The van der Waals surface area contributed by atoms with Crippen LogP contribution in [0.3, 0.4) is 0 Å². The second kappa shape index (κ2) is 5.52. The molecule has 20 heavy (non-hydrogen) atoms. The average Bonchev–Trinajstić information content (AvgIpc) is 2.75. The molecule has 6 heteroatoms. The third kappa shape index (κ3) is 2.35. The number of rotatable bonds is 4. The second-order valence-electron chi connectivity index (χ2n) is 4.89. The molecule has 0 aliphatic heterocycles. The van der Waals surface area contributed by atoms with Crippen molar-refractivity contribution in [2.24, 2.45) is 12.9 Å². The summed E-state index contributed by atoms with van der Waals surface area (Å²) in [7, 11) is 3.47. The van der Waals surface area contributed by atoms with Gasteiger partial charge in [0.15, 0.2) is 0 Å². The zero-order chi connectivity index (χ0) is 14.9. The molecule has 0 aliphatic carbocycles. The number of ether oxygens (including phenoxy) is 1. The summed E-state index contributed by atoms with van der Waals surface area (Å²) in [4.78, 5) is 0. The number of benzene rings is 1. The van der Waals surface area contributed by atoms with Crippen LogP contribution in [0, 0.1) is 13.8 Å². The number of nitrogens with two attached hydrogens (primary N) is 2. The zero-order valence-corrected chi connectivity index (χ0v) is 12.3. The first-order chi connectivity index (χ1) is 9.49. The van der Waals surface area contributed by atoms with E-state index in [1.165, 1.54) is 0 Å². The molecule has 1 atom stereocenters. The number of aryl methyl sites for hydroxylation is 3. The third-order valence-electron chi connectivity index (χ3n) is 3.59. The van der Waals surface area contributed by atoms with Gasteiger partial charge in [0.25, 0.3) is 0 Å². The molecule has 0 amide bonds. The number of hydrogen-bond acceptors (Lipinski definition) is 5. The SMILES string of the molecule is COc1cc(C)c(C(NN)c2cnn(C)c2N)cc1C. The fourth-order valence-corrected chi connectivity index (χ4v) is 2.38. The molecular weight excluding hydrogens is 254 g/mol. The Labute approximate surface area is 118 Å². The summed E-state index contributed by atoms with van der Waals surface area (Å²) in [5, 5.41) is 4.17. The summed E-state index contributed by atoms with van der Waals surface area (Å²) in [5.74, 6) is 7.19. The minimum Gasteiger partial charge on any atom is -0.496 e. The molecule has 0 fully saturated rings. The van der Waals surface area contributed by atoms with Crippen LogP contribution in [0.15, 0.2) is 18.3 Å². The minimum atomic E-state index is -0.201. The highest BCUT2D eigenvalue weighted by Crippen LogP contribution is 2.31. The monoisotopic (exact) mass is 275 g/mol. The van der Waals surface area contributed by atoms with Gasteiger partial charge in [-0.2, -0.15) is 5.10 Å². The van der Waals surface area contributed by atoms with Gasteiger partial charge in [-0.25, -0.2) is 5.43 Å². The molecule has 6 nitrogen and oxygen atoms in total. The van der Waals surface area contributed by atoms with Crippen LogP contribution >= 0.6 is 0 Å². The van der Waals surface area contributed by atoms with E-state index in [0.717, 1.165) is 28.0 Å². The smallest absolute Gasteiger partial charge is 0.126 e. The largest absolute Gasteiger partial charge is 0.496 e. The lowest BCUT2D eigenvalue weighted by Crippen LogP contribution is -2.30. The summed E-state index contributed by atoms with van der Waals surface area (Å²) >= 11 is 0. The van der Waals surface area contributed by atoms with E-state index in [9.17, 15) is 0 Å². The molecule has 0 bridgehead atoms. The maximum Gasteiger partial charge on any atom is 0.126 e. The van der Waals surface area contributed by atoms with E-state index in [1.807, 2.05) is 19.9 Å². The van der Waals surface area contributed by atoms with Crippen LogP contribution in [0.25, 0.3) is 0 Å². The van der Waals surface area contributed by atoms with Crippen molar-refractivity contribution in [1.82, 2.24) is 15.2 Å². The van der Waals surface area contributed by atoms with Crippen LogP contribution in [-0.2, 0) is 7.05 Å². The molecule has 0 saturated carbocycles. The summed E-state index contributed by atoms with van der Waals surface area (Å²) in [6.07, 6.45) is 1.73.